The van der Waals surface area contributed by atoms with Crippen LogP contribution in [0.5, 0.6) is 0 Å². The van der Waals surface area contributed by atoms with Crippen LogP contribution >= 0.6 is 0 Å². The number of carbonyl (C=O) groups excluding carboxylic acids is 2. The Morgan fingerprint density at radius 3 is 2.27 bits per heavy atom. The van der Waals surface area contributed by atoms with Gasteiger partial charge in [-0.1, -0.05) is 0 Å². The van der Waals surface area contributed by atoms with Gasteiger partial charge < -0.3 is 9.80 Å². The fourth-order valence-electron chi connectivity index (χ4n) is 1.52. The molecule has 1 saturated heterocycles. The third-order valence-corrected chi connectivity index (χ3v) is 2.32. The van der Waals surface area contributed by atoms with Crippen molar-refractivity contribution in [3.63, 3.8) is 0 Å². The second kappa shape index (κ2) is 4.55. The van der Waals surface area contributed by atoms with Crippen LogP contribution in [0, 0.1) is 0 Å². The fourth-order valence-corrected chi connectivity index (χ4v) is 1.52. The molecule has 15 heavy (non-hydrogen) atoms. The molecule has 0 radical (unpaired) electrons. The van der Waals surface area contributed by atoms with Gasteiger partial charge >= 0.3 is 11.8 Å². The van der Waals surface area contributed by atoms with E-state index in [1.807, 2.05) is 0 Å². The lowest BCUT2D eigenvalue weighted by Crippen LogP contribution is -2.57. The maximum Gasteiger partial charge on any atom is 0.312 e. The molecule has 6 heteroatoms. The van der Waals surface area contributed by atoms with Gasteiger partial charge in [-0.25, -0.2) is 8.78 Å². The quantitative estimate of drug-likeness (QED) is 0.643. The summed E-state index contributed by atoms with van der Waals surface area (Å²) in [5.41, 5.74) is 0. The van der Waals surface area contributed by atoms with E-state index in [0.29, 0.717) is 6.54 Å². The summed E-state index contributed by atoms with van der Waals surface area (Å²) >= 11 is 0. The van der Waals surface area contributed by atoms with Crippen molar-refractivity contribution in [2.24, 2.45) is 0 Å². The van der Waals surface area contributed by atoms with Crippen LogP contribution in [0.3, 0.4) is 0 Å². The van der Waals surface area contributed by atoms with E-state index < -0.39 is 24.8 Å². The molecule has 0 aromatic heterocycles. The molecule has 1 aliphatic rings. The zero-order valence-corrected chi connectivity index (χ0v) is 8.74. The number of halogens is 2. The minimum Gasteiger partial charge on any atom is -0.330 e. The third kappa shape index (κ3) is 2.64. The number of rotatable bonds is 3. The summed E-state index contributed by atoms with van der Waals surface area (Å²) in [6, 6.07) is -0.0739. The van der Waals surface area contributed by atoms with Gasteiger partial charge in [-0.2, -0.15) is 0 Å². The number of hydrogen-bond donors (Lipinski definition) is 0. The smallest absolute Gasteiger partial charge is 0.312 e. The molecule has 0 aliphatic carbocycles. The second-order valence-electron chi connectivity index (χ2n) is 3.73. The van der Waals surface area contributed by atoms with E-state index in [-0.39, 0.29) is 12.6 Å². The standard InChI is InChI=1S/C9H14F2N2O2/c1-6(2)13-4-3-12(5-7(10)11)8(14)9(13)15/h6-7H,3-5H2,1-2H3. The molecule has 0 N–H and O–H groups in total. The molecule has 1 aliphatic heterocycles. The van der Waals surface area contributed by atoms with Gasteiger partial charge in [0.05, 0.1) is 6.54 Å². The van der Waals surface area contributed by atoms with Crippen molar-refractivity contribution in [2.75, 3.05) is 19.6 Å². The molecule has 1 fully saturated rings. The Labute approximate surface area is 86.8 Å². The SMILES string of the molecule is CC(C)N1CCN(CC(F)F)C(=O)C1=O. The van der Waals surface area contributed by atoms with E-state index in [2.05, 4.69) is 0 Å². The third-order valence-electron chi connectivity index (χ3n) is 2.32. The van der Waals surface area contributed by atoms with E-state index in [4.69, 9.17) is 0 Å². The number of carbonyl (C=O) groups is 2. The highest BCUT2D eigenvalue weighted by Crippen LogP contribution is 2.10. The zero-order chi connectivity index (χ0) is 11.6. The average molecular weight is 220 g/mol. The van der Waals surface area contributed by atoms with Crippen LogP contribution < -0.4 is 0 Å². The minimum absolute atomic E-state index is 0.0739. The fraction of sp³-hybridized carbons (Fsp3) is 0.778. The van der Waals surface area contributed by atoms with Crippen LogP contribution in [0.25, 0.3) is 0 Å². The molecule has 0 bridgehead atoms. The molecule has 1 heterocycles. The molecular formula is C9H14F2N2O2. The molecule has 86 valence electrons. The van der Waals surface area contributed by atoms with Gasteiger partial charge in [0.2, 0.25) is 0 Å². The van der Waals surface area contributed by atoms with Gasteiger partial charge in [-0.05, 0) is 13.8 Å². The lowest BCUT2D eigenvalue weighted by atomic mass is 10.2. The Morgan fingerprint density at radius 1 is 1.20 bits per heavy atom. The van der Waals surface area contributed by atoms with E-state index >= 15 is 0 Å². The Balaban J connectivity index is 2.65. The minimum atomic E-state index is -2.59. The van der Waals surface area contributed by atoms with Gasteiger partial charge in [0, 0.05) is 19.1 Å². The number of hydrogen-bond acceptors (Lipinski definition) is 2. The molecule has 1 rings (SSSR count). The zero-order valence-electron chi connectivity index (χ0n) is 8.74. The Bertz CT molecular complexity index is 269. The van der Waals surface area contributed by atoms with Crippen molar-refractivity contribution >= 4 is 11.8 Å². The van der Waals surface area contributed by atoms with E-state index in [1.54, 1.807) is 13.8 Å². The molecule has 0 saturated carbocycles. The van der Waals surface area contributed by atoms with Gasteiger partial charge in [0.25, 0.3) is 6.43 Å². The maximum atomic E-state index is 12.1. The van der Waals surface area contributed by atoms with E-state index in [0.717, 1.165) is 4.90 Å². The van der Waals surface area contributed by atoms with E-state index in [9.17, 15) is 18.4 Å². The van der Waals surface area contributed by atoms with Crippen LogP contribution in [0.15, 0.2) is 0 Å². The van der Waals surface area contributed by atoms with Crippen molar-refractivity contribution in [3.8, 4) is 0 Å². The monoisotopic (exact) mass is 220 g/mol. The lowest BCUT2D eigenvalue weighted by molar-refractivity contribution is -0.158. The average Bonchev–Trinajstić information content (AvgIpc) is 2.12. The molecule has 0 atom stereocenters. The van der Waals surface area contributed by atoms with E-state index in [1.165, 1.54) is 4.90 Å². The first-order valence-electron chi connectivity index (χ1n) is 4.81. The van der Waals surface area contributed by atoms with Crippen LogP contribution in [0.1, 0.15) is 13.8 Å². The van der Waals surface area contributed by atoms with Crippen LogP contribution in [-0.4, -0.2) is 53.7 Å². The van der Waals surface area contributed by atoms with Crippen LogP contribution in [0.2, 0.25) is 0 Å². The molecule has 0 aromatic rings. The summed E-state index contributed by atoms with van der Waals surface area (Å²) < 4.78 is 24.1. The Morgan fingerprint density at radius 2 is 1.80 bits per heavy atom. The normalized spacial score (nSPS) is 18.3. The highest BCUT2D eigenvalue weighted by Gasteiger charge is 2.34. The predicted octanol–water partition coefficient (Wildman–Crippen LogP) is 0.331. The summed E-state index contributed by atoms with van der Waals surface area (Å²) in [6.07, 6.45) is -2.59. The largest absolute Gasteiger partial charge is 0.330 e. The van der Waals surface area contributed by atoms with Crippen molar-refractivity contribution < 1.29 is 18.4 Å². The summed E-state index contributed by atoms with van der Waals surface area (Å²) in [4.78, 5) is 25.1. The number of piperazine rings is 1. The second-order valence-corrected chi connectivity index (χ2v) is 3.73. The Kier molecular flexibility index (Phi) is 3.60. The maximum absolute atomic E-state index is 12.1. The van der Waals surface area contributed by atoms with Crippen molar-refractivity contribution in [1.82, 2.24) is 9.80 Å². The first kappa shape index (κ1) is 11.9. The summed E-state index contributed by atoms with van der Waals surface area (Å²) in [5.74, 6) is -1.51. The summed E-state index contributed by atoms with van der Waals surface area (Å²) in [5, 5.41) is 0. The molecule has 2 amide bonds. The van der Waals surface area contributed by atoms with Gasteiger partial charge in [-0.15, -0.1) is 0 Å². The van der Waals surface area contributed by atoms with Crippen molar-refractivity contribution in [1.29, 1.82) is 0 Å². The first-order chi connectivity index (χ1) is 6.93. The lowest BCUT2D eigenvalue weighted by Gasteiger charge is -2.35. The molecular weight excluding hydrogens is 206 g/mol. The molecule has 0 spiro atoms. The predicted molar refractivity (Wildman–Crippen MR) is 49.4 cm³/mol. The highest BCUT2D eigenvalue weighted by atomic mass is 19.3. The summed E-state index contributed by atoms with van der Waals surface area (Å²) in [7, 11) is 0. The topological polar surface area (TPSA) is 40.6 Å². The van der Waals surface area contributed by atoms with Gasteiger partial charge in [0.1, 0.15) is 0 Å². The number of nitrogens with zero attached hydrogens (tertiary/aromatic N) is 2. The van der Waals surface area contributed by atoms with Crippen molar-refractivity contribution in [3.05, 3.63) is 0 Å². The molecule has 0 unspecified atom stereocenters. The van der Waals surface area contributed by atoms with Gasteiger partial charge in [0.15, 0.2) is 0 Å². The number of alkyl halides is 2. The molecule has 0 aromatic carbocycles. The number of amides is 2. The highest BCUT2D eigenvalue weighted by molar-refractivity contribution is 6.35. The van der Waals surface area contributed by atoms with Crippen LogP contribution in [-0.2, 0) is 9.59 Å². The Hall–Kier alpha value is -1.20. The van der Waals surface area contributed by atoms with Crippen molar-refractivity contribution in [2.45, 2.75) is 26.3 Å². The van der Waals surface area contributed by atoms with Gasteiger partial charge in [-0.3, -0.25) is 9.59 Å². The van der Waals surface area contributed by atoms with Crippen LogP contribution in [0.4, 0.5) is 8.78 Å². The first-order valence-corrected chi connectivity index (χ1v) is 4.81. The summed E-state index contributed by atoms with van der Waals surface area (Å²) in [6.45, 7) is 3.43. The molecule has 4 nitrogen and oxygen atoms in total.